The van der Waals surface area contributed by atoms with Crippen LogP contribution in [0.15, 0.2) is 41.4 Å². The number of carbonyl (C=O) groups excluding carboxylic acids is 2. The molecule has 0 atom stereocenters. The molecule has 1 aromatic heterocycles. The van der Waals surface area contributed by atoms with Crippen LogP contribution in [0.2, 0.25) is 0 Å². The third-order valence-electron chi connectivity index (χ3n) is 6.95. The van der Waals surface area contributed by atoms with Gasteiger partial charge in [0.25, 0.3) is 5.91 Å². The zero-order valence-electron chi connectivity index (χ0n) is 24.3. The summed E-state index contributed by atoms with van der Waals surface area (Å²) in [4.78, 5) is 29.5. The minimum atomic E-state index is -2.31. The second kappa shape index (κ2) is 15.9. The Labute approximate surface area is 255 Å². The third-order valence-corrected chi connectivity index (χ3v) is 8.14. The van der Waals surface area contributed by atoms with E-state index in [0.717, 1.165) is 52.6 Å². The fourth-order valence-electron chi connectivity index (χ4n) is 4.67. The summed E-state index contributed by atoms with van der Waals surface area (Å²) in [6.45, 7) is 4.55. The van der Waals surface area contributed by atoms with Crippen molar-refractivity contribution in [2.45, 2.75) is 63.8 Å². The number of likely N-dealkylation sites (N-methyl/N-ethyl adjacent to an activating group) is 1. The van der Waals surface area contributed by atoms with Gasteiger partial charge in [-0.2, -0.15) is 0 Å². The van der Waals surface area contributed by atoms with Gasteiger partial charge in [0.05, 0.1) is 24.5 Å². The number of halogens is 6. The smallest absolute Gasteiger partial charge is 0.274 e. The number of aromatic nitrogens is 1. The lowest BCUT2D eigenvalue weighted by atomic mass is 9.99. The summed E-state index contributed by atoms with van der Waals surface area (Å²) >= 11 is 0.155. The summed E-state index contributed by atoms with van der Waals surface area (Å²) in [5, 5.41) is 8.85. The average molecular weight is 643 g/mol. The third kappa shape index (κ3) is 7.90. The first-order valence-corrected chi connectivity index (χ1v) is 14.8. The monoisotopic (exact) mass is 642 g/mol. The molecule has 0 aliphatic heterocycles. The molecule has 2 amide bonds. The van der Waals surface area contributed by atoms with Crippen molar-refractivity contribution in [1.29, 1.82) is 0 Å². The van der Waals surface area contributed by atoms with E-state index in [9.17, 15) is 31.5 Å². The molecule has 1 saturated carbocycles. The predicted octanol–water partition coefficient (Wildman–Crippen LogP) is 7.28. The van der Waals surface area contributed by atoms with Gasteiger partial charge in [0.2, 0.25) is 11.7 Å². The van der Waals surface area contributed by atoms with Gasteiger partial charge in [-0.1, -0.05) is 39.7 Å². The number of pyridine rings is 1. The van der Waals surface area contributed by atoms with Crippen molar-refractivity contribution in [2.24, 2.45) is 0 Å². The van der Waals surface area contributed by atoms with Gasteiger partial charge in [-0.15, -0.1) is 0 Å². The summed E-state index contributed by atoms with van der Waals surface area (Å²) in [6, 6.07) is 6.68. The SMILES string of the molecule is CC.CCN(CC(=O)N(Cc1ccc(C2CCCC2)cn1)c1ccc(C(=O)NO)cc1F)Sc1c(F)c(F)c(F)c(F)c1F. The van der Waals surface area contributed by atoms with Crippen LogP contribution in [0, 0.1) is 34.9 Å². The number of hydrogen-bond donors (Lipinski definition) is 2. The molecule has 7 nitrogen and oxygen atoms in total. The van der Waals surface area contributed by atoms with Gasteiger partial charge in [0.1, 0.15) is 10.7 Å². The van der Waals surface area contributed by atoms with Gasteiger partial charge >= 0.3 is 0 Å². The van der Waals surface area contributed by atoms with Crippen molar-refractivity contribution in [1.82, 2.24) is 14.8 Å². The molecule has 238 valence electrons. The van der Waals surface area contributed by atoms with E-state index in [1.54, 1.807) is 12.3 Å². The van der Waals surface area contributed by atoms with Crippen molar-refractivity contribution < 1.29 is 41.1 Å². The maximum absolute atomic E-state index is 15.2. The fourth-order valence-corrected chi connectivity index (χ4v) is 5.57. The van der Waals surface area contributed by atoms with Gasteiger partial charge < -0.3 is 4.90 Å². The summed E-state index contributed by atoms with van der Waals surface area (Å²) in [5.41, 5.74) is 2.30. The normalized spacial score (nSPS) is 13.1. The summed E-state index contributed by atoms with van der Waals surface area (Å²) in [5.74, 6) is -13.1. The highest BCUT2D eigenvalue weighted by Crippen LogP contribution is 2.35. The highest BCUT2D eigenvalue weighted by atomic mass is 32.2. The van der Waals surface area contributed by atoms with Crippen molar-refractivity contribution >= 4 is 29.4 Å². The average Bonchev–Trinajstić information content (AvgIpc) is 3.59. The topological polar surface area (TPSA) is 85.8 Å². The molecular weight excluding hydrogens is 610 g/mol. The van der Waals surface area contributed by atoms with Crippen LogP contribution in [0.3, 0.4) is 0 Å². The minimum Gasteiger partial charge on any atom is -0.302 e. The Morgan fingerprint density at radius 1 is 0.955 bits per heavy atom. The maximum atomic E-state index is 15.2. The van der Waals surface area contributed by atoms with Gasteiger partial charge in [-0.25, -0.2) is 36.1 Å². The Morgan fingerprint density at radius 2 is 1.57 bits per heavy atom. The molecule has 1 aliphatic rings. The Kier molecular flexibility index (Phi) is 12.6. The Morgan fingerprint density at radius 3 is 2.09 bits per heavy atom. The Bertz CT molecular complexity index is 1440. The number of nitrogens with zero attached hydrogens (tertiary/aromatic N) is 3. The number of carbonyl (C=O) groups is 2. The largest absolute Gasteiger partial charge is 0.302 e. The number of nitrogens with one attached hydrogen (secondary N) is 1. The van der Waals surface area contributed by atoms with Crippen LogP contribution in [0.1, 0.15) is 74.0 Å². The van der Waals surface area contributed by atoms with Crippen LogP contribution in [0.25, 0.3) is 0 Å². The molecule has 0 saturated heterocycles. The van der Waals surface area contributed by atoms with E-state index in [1.807, 2.05) is 19.9 Å². The summed E-state index contributed by atoms with van der Waals surface area (Å²) in [6.07, 6.45) is 6.01. The molecule has 0 spiro atoms. The van der Waals surface area contributed by atoms with Crippen LogP contribution in [-0.4, -0.2) is 39.4 Å². The standard InChI is InChI=1S/C28H26F6N4O3S.C2H6/c1-2-37(42-27-25(33)23(31)22(30)24(32)26(27)34)14-21(39)38(20-10-8-16(11-19(20)29)28(40)36-41)13-18-9-7-17(12-35-18)15-5-3-4-6-15;1-2/h7-12,15,41H,2-6,13-14H2,1H3,(H,36,40);1-2H3. The molecular formula is C30H32F6N4O3S. The molecule has 0 bridgehead atoms. The van der Waals surface area contributed by atoms with Crippen LogP contribution in [0.5, 0.6) is 0 Å². The highest BCUT2D eigenvalue weighted by molar-refractivity contribution is 7.97. The van der Waals surface area contributed by atoms with Gasteiger partial charge in [0.15, 0.2) is 23.3 Å². The summed E-state index contributed by atoms with van der Waals surface area (Å²) < 4.78 is 85.8. The fraction of sp³-hybridized carbons (Fsp3) is 0.367. The zero-order chi connectivity index (χ0) is 32.6. The van der Waals surface area contributed by atoms with Crippen molar-refractivity contribution in [2.75, 3.05) is 18.0 Å². The minimum absolute atomic E-state index is 0.0732. The predicted molar refractivity (Wildman–Crippen MR) is 153 cm³/mol. The van der Waals surface area contributed by atoms with Crippen LogP contribution in [-0.2, 0) is 11.3 Å². The molecule has 1 fully saturated rings. The molecule has 14 heteroatoms. The second-order valence-electron chi connectivity index (χ2n) is 9.60. The van der Waals surface area contributed by atoms with Gasteiger partial charge in [-0.3, -0.25) is 19.8 Å². The number of rotatable bonds is 10. The van der Waals surface area contributed by atoms with Gasteiger partial charge in [0, 0.05) is 18.3 Å². The van der Waals surface area contributed by atoms with E-state index in [4.69, 9.17) is 5.21 Å². The lowest BCUT2D eigenvalue weighted by Gasteiger charge is -2.27. The molecule has 3 aromatic rings. The molecule has 1 aliphatic carbocycles. The van der Waals surface area contributed by atoms with E-state index < -0.39 is 58.2 Å². The molecule has 1 heterocycles. The number of amides is 2. The quantitative estimate of drug-likeness (QED) is 0.0604. The molecule has 2 N–H and O–H groups in total. The maximum Gasteiger partial charge on any atom is 0.274 e. The van der Waals surface area contributed by atoms with E-state index in [2.05, 4.69) is 4.98 Å². The lowest BCUT2D eigenvalue weighted by Crippen LogP contribution is -2.38. The number of anilines is 1. The number of hydroxylamine groups is 1. The molecule has 2 aromatic carbocycles. The van der Waals surface area contributed by atoms with Crippen LogP contribution >= 0.6 is 11.9 Å². The first-order chi connectivity index (χ1) is 21.0. The first kappa shape index (κ1) is 34.9. The second-order valence-corrected chi connectivity index (χ2v) is 10.7. The number of hydrogen-bond acceptors (Lipinski definition) is 6. The van der Waals surface area contributed by atoms with Crippen LogP contribution in [0.4, 0.5) is 32.0 Å². The van der Waals surface area contributed by atoms with Crippen molar-refractivity contribution in [3.63, 3.8) is 0 Å². The molecule has 0 radical (unpaired) electrons. The number of benzene rings is 2. The lowest BCUT2D eigenvalue weighted by molar-refractivity contribution is -0.118. The van der Waals surface area contributed by atoms with E-state index in [0.29, 0.717) is 11.6 Å². The Hall–Kier alpha value is -3.62. The van der Waals surface area contributed by atoms with Gasteiger partial charge in [-0.05, 0) is 60.5 Å². The van der Waals surface area contributed by atoms with Crippen molar-refractivity contribution in [3.05, 3.63) is 88.3 Å². The van der Waals surface area contributed by atoms with Crippen LogP contribution < -0.4 is 10.4 Å². The van der Waals surface area contributed by atoms with E-state index >= 15 is 4.39 Å². The molecule has 44 heavy (non-hydrogen) atoms. The van der Waals surface area contributed by atoms with Crippen molar-refractivity contribution in [3.8, 4) is 0 Å². The van der Waals surface area contributed by atoms with E-state index in [1.165, 1.54) is 18.5 Å². The Balaban J connectivity index is 0.00000259. The molecule has 0 unspecified atom stereocenters. The molecule has 4 rings (SSSR count). The first-order valence-electron chi connectivity index (χ1n) is 14.0. The summed E-state index contributed by atoms with van der Waals surface area (Å²) in [7, 11) is 0. The van der Waals surface area contributed by atoms with E-state index in [-0.39, 0.29) is 36.3 Å². The highest BCUT2D eigenvalue weighted by Gasteiger charge is 2.29. The zero-order valence-corrected chi connectivity index (χ0v) is 25.1.